The quantitative estimate of drug-likeness (QED) is 0.826. The van der Waals surface area contributed by atoms with Gasteiger partial charge in [-0.1, -0.05) is 0 Å². The number of hydrogen-bond acceptors (Lipinski definition) is 3. The van der Waals surface area contributed by atoms with E-state index in [0.717, 1.165) is 13.2 Å². The third kappa shape index (κ3) is 3.38. The van der Waals surface area contributed by atoms with Gasteiger partial charge in [-0.3, -0.25) is 0 Å². The van der Waals surface area contributed by atoms with Crippen molar-refractivity contribution in [1.82, 2.24) is 5.32 Å². The van der Waals surface area contributed by atoms with Gasteiger partial charge in [-0.2, -0.15) is 0 Å². The molecule has 1 atom stereocenters. The van der Waals surface area contributed by atoms with Gasteiger partial charge in [0.25, 0.3) is 0 Å². The topological polar surface area (TPSA) is 21.3 Å². The maximum absolute atomic E-state index is 4.97. The Morgan fingerprint density at radius 2 is 2.46 bits per heavy atom. The lowest BCUT2D eigenvalue weighted by Crippen LogP contribution is -2.22. The van der Waals surface area contributed by atoms with Crippen LogP contribution in [-0.4, -0.2) is 20.3 Å². The second-order valence-corrected chi connectivity index (χ2v) is 4.60. The lowest BCUT2D eigenvalue weighted by atomic mass is 10.3. The highest BCUT2D eigenvalue weighted by Crippen LogP contribution is 2.28. The molecule has 1 unspecified atom stereocenters. The zero-order valence-corrected chi connectivity index (χ0v) is 10.2. The van der Waals surface area contributed by atoms with E-state index in [1.54, 1.807) is 18.4 Å². The molecule has 0 spiro atoms. The lowest BCUT2D eigenvalue weighted by molar-refractivity contribution is 0.196. The fourth-order valence-electron chi connectivity index (χ4n) is 1.08. The Morgan fingerprint density at radius 1 is 1.69 bits per heavy atom. The molecule has 0 bridgehead atoms. The van der Waals surface area contributed by atoms with E-state index in [2.05, 4.69) is 39.6 Å². The predicted octanol–water partition coefficient (Wildman–Crippen LogP) is 2.81. The van der Waals surface area contributed by atoms with Crippen molar-refractivity contribution in [2.75, 3.05) is 20.3 Å². The second kappa shape index (κ2) is 5.75. The molecule has 1 heterocycles. The van der Waals surface area contributed by atoms with Crippen molar-refractivity contribution in [2.24, 2.45) is 0 Å². The molecule has 1 aromatic rings. The average Bonchev–Trinajstić information content (AvgIpc) is 2.52. The van der Waals surface area contributed by atoms with Crippen molar-refractivity contribution in [3.63, 3.8) is 0 Å². The van der Waals surface area contributed by atoms with Crippen LogP contribution in [0.2, 0.25) is 0 Å². The van der Waals surface area contributed by atoms with Crippen LogP contribution in [0.5, 0.6) is 0 Å². The standard InChI is InChI=1S/C9H14BrNOS/c1-7(11-4-5-12-2)9-8(10)3-6-13-9/h3,6-7,11H,4-5H2,1-2H3. The molecule has 13 heavy (non-hydrogen) atoms. The number of halogens is 1. The summed E-state index contributed by atoms with van der Waals surface area (Å²) >= 11 is 5.28. The molecule has 0 fully saturated rings. The Kier molecular flexibility index (Phi) is 4.94. The van der Waals surface area contributed by atoms with Gasteiger partial charge in [-0.25, -0.2) is 0 Å². The van der Waals surface area contributed by atoms with Gasteiger partial charge in [0.2, 0.25) is 0 Å². The van der Waals surface area contributed by atoms with Crippen LogP contribution >= 0.6 is 27.3 Å². The van der Waals surface area contributed by atoms with Crippen molar-refractivity contribution < 1.29 is 4.74 Å². The van der Waals surface area contributed by atoms with Crippen molar-refractivity contribution in [1.29, 1.82) is 0 Å². The normalized spacial score (nSPS) is 13.2. The molecule has 0 saturated carbocycles. The summed E-state index contributed by atoms with van der Waals surface area (Å²) in [5.74, 6) is 0. The number of rotatable bonds is 5. The molecule has 1 rings (SSSR count). The molecule has 2 nitrogen and oxygen atoms in total. The van der Waals surface area contributed by atoms with Crippen LogP contribution in [0.3, 0.4) is 0 Å². The number of hydrogen-bond donors (Lipinski definition) is 1. The Bertz CT molecular complexity index is 252. The summed E-state index contributed by atoms with van der Waals surface area (Å²) in [6, 6.07) is 2.47. The Balaban J connectivity index is 2.39. The third-order valence-electron chi connectivity index (χ3n) is 1.79. The molecule has 0 aliphatic heterocycles. The minimum atomic E-state index is 0.393. The van der Waals surface area contributed by atoms with Gasteiger partial charge in [-0.15, -0.1) is 11.3 Å². The van der Waals surface area contributed by atoms with E-state index in [0.29, 0.717) is 6.04 Å². The summed E-state index contributed by atoms with van der Waals surface area (Å²) in [5.41, 5.74) is 0. The number of thiophene rings is 1. The van der Waals surface area contributed by atoms with Gasteiger partial charge < -0.3 is 10.1 Å². The van der Waals surface area contributed by atoms with E-state index < -0.39 is 0 Å². The fourth-order valence-corrected chi connectivity index (χ4v) is 2.83. The van der Waals surface area contributed by atoms with Gasteiger partial charge >= 0.3 is 0 Å². The summed E-state index contributed by atoms with van der Waals surface area (Å²) in [6.07, 6.45) is 0. The minimum Gasteiger partial charge on any atom is -0.383 e. The van der Waals surface area contributed by atoms with Crippen molar-refractivity contribution >= 4 is 27.3 Å². The molecule has 0 aromatic carbocycles. The minimum absolute atomic E-state index is 0.393. The van der Waals surface area contributed by atoms with Gasteiger partial charge in [0.15, 0.2) is 0 Å². The van der Waals surface area contributed by atoms with Crippen LogP contribution in [-0.2, 0) is 4.74 Å². The van der Waals surface area contributed by atoms with E-state index in [-0.39, 0.29) is 0 Å². The largest absolute Gasteiger partial charge is 0.383 e. The summed E-state index contributed by atoms with van der Waals surface area (Å²) in [7, 11) is 1.72. The summed E-state index contributed by atoms with van der Waals surface area (Å²) in [6.45, 7) is 3.81. The SMILES string of the molecule is COCCNC(C)c1sccc1Br. The maximum Gasteiger partial charge on any atom is 0.0587 e. The molecule has 0 saturated heterocycles. The molecule has 4 heteroatoms. The highest BCUT2D eigenvalue weighted by molar-refractivity contribution is 9.10. The zero-order chi connectivity index (χ0) is 9.68. The van der Waals surface area contributed by atoms with Crippen LogP contribution in [0.25, 0.3) is 0 Å². The molecule has 1 aromatic heterocycles. The highest BCUT2D eigenvalue weighted by atomic mass is 79.9. The first-order valence-corrected chi connectivity index (χ1v) is 5.88. The first kappa shape index (κ1) is 11.2. The highest BCUT2D eigenvalue weighted by Gasteiger charge is 2.09. The van der Waals surface area contributed by atoms with Crippen molar-refractivity contribution in [3.8, 4) is 0 Å². The molecule has 0 aliphatic carbocycles. The molecule has 74 valence electrons. The van der Waals surface area contributed by atoms with Gasteiger partial charge in [-0.05, 0) is 34.3 Å². The third-order valence-corrected chi connectivity index (χ3v) is 3.85. The molecule has 0 amide bonds. The second-order valence-electron chi connectivity index (χ2n) is 2.80. The van der Waals surface area contributed by atoms with Gasteiger partial charge in [0.05, 0.1) is 6.61 Å². The number of methoxy groups -OCH3 is 1. The fraction of sp³-hybridized carbons (Fsp3) is 0.556. The molecular formula is C9H14BrNOS. The Labute approximate surface area is 91.4 Å². The van der Waals surface area contributed by atoms with E-state index in [1.165, 1.54) is 9.35 Å². The van der Waals surface area contributed by atoms with Crippen molar-refractivity contribution in [3.05, 3.63) is 20.8 Å². The van der Waals surface area contributed by atoms with Crippen LogP contribution in [0.1, 0.15) is 17.8 Å². The molecule has 0 aliphatic rings. The van der Waals surface area contributed by atoms with Crippen LogP contribution in [0.4, 0.5) is 0 Å². The molecular weight excluding hydrogens is 250 g/mol. The molecule has 1 N–H and O–H groups in total. The van der Waals surface area contributed by atoms with Crippen molar-refractivity contribution in [2.45, 2.75) is 13.0 Å². The summed E-state index contributed by atoms with van der Waals surface area (Å²) in [4.78, 5) is 1.34. The van der Waals surface area contributed by atoms with Crippen LogP contribution in [0, 0.1) is 0 Å². The Hall–Kier alpha value is 0.100. The van der Waals surface area contributed by atoms with Gasteiger partial charge in [0.1, 0.15) is 0 Å². The summed E-state index contributed by atoms with van der Waals surface area (Å²) < 4.78 is 6.16. The average molecular weight is 264 g/mol. The number of nitrogens with one attached hydrogen (secondary N) is 1. The van der Waals surface area contributed by atoms with E-state index in [4.69, 9.17) is 4.74 Å². The van der Waals surface area contributed by atoms with Gasteiger partial charge in [0, 0.05) is 29.0 Å². The smallest absolute Gasteiger partial charge is 0.0587 e. The van der Waals surface area contributed by atoms with E-state index in [9.17, 15) is 0 Å². The lowest BCUT2D eigenvalue weighted by Gasteiger charge is -2.12. The Morgan fingerprint density at radius 3 is 3.00 bits per heavy atom. The first-order chi connectivity index (χ1) is 6.25. The monoisotopic (exact) mass is 263 g/mol. The summed E-state index contributed by atoms with van der Waals surface area (Å²) in [5, 5.41) is 5.47. The number of ether oxygens (including phenoxy) is 1. The van der Waals surface area contributed by atoms with Crippen LogP contribution in [0.15, 0.2) is 15.9 Å². The zero-order valence-electron chi connectivity index (χ0n) is 7.84. The van der Waals surface area contributed by atoms with Crippen LogP contribution < -0.4 is 5.32 Å². The molecule has 0 radical (unpaired) electrons. The maximum atomic E-state index is 4.97. The van der Waals surface area contributed by atoms with E-state index in [1.807, 2.05) is 0 Å². The predicted molar refractivity (Wildman–Crippen MR) is 60.3 cm³/mol. The first-order valence-electron chi connectivity index (χ1n) is 4.21. The van der Waals surface area contributed by atoms with E-state index >= 15 is 0 Å².